The van der Waals surface area contributed by atoms with Gasteiger partial charge < -0.3 is 5.43 Å². The Kier molecular flexibility index (Phi) is 5.05. The van der Waals surface area contributed by atoms with Crippen LogP contribution in [0.15, 0.2) is 11.1 Å². The van der Waals surface area contributed by atoms with Gasteiger partial charge in [-0.2, -0.15) is 0 Å². The number of hydrogen-bond donors (Lipinski definition) is 2. The molecule has 4 nitrogen and oxygen atoms in total. The van der Waals surface area contributed by atoms with Gasteiger partial charge in [-0.1, -0.05) is 33.6 Å². The van der Waals surface area contributed by atoms with Gasteiger partial charge in [-0.15, -0.1) is 11.8 Å². The van der Waals surface area contributed by atoms with Gasteiger partial charge in [0.15, 0.2) is 0 Å². The van der Waals surface area contributed by atoms with E-state index in [1.807, 2.05) is 17.8 Å². The van der Waals surface area contributed by atoms with Crippen molar-refractivity contribution >= 4 is 17.6 Å². The SMILES string of the molecule is CC1CCCC(Sc2cc(NN)nc(C(C)C)n2)C1. The number of nitrogen functional groups attached to an aromatic ring is 1. The molecule has 0 bridgehead atoms. The van der Waals surface area contributed by atoms with E-state index in [0.717, 1.165) is 16.8 Å². The average molecular weight is 280 g/mol. The van der Waals surface area contributed by atoms with Crippen LogP contribution >= 0.6 is 11.8 Å². The van der Waals surface area contributed by atoms with Crippen molar-refractivity contribution in [2.75, 3.05) is 5.43 Å². The van der Waals surface area contributed by atoms with Crippen molar-refractivity contribution in [3.8, 4) is 0 Å². The standard InChI is InChI=1S/C14H24N4S/c1-9(2)14-16-12(18-15)8-13(17-14)19-11-6-4-5-10(3)7-11/h8-11H,4-7,15H2,1-3H3,(H,16,17,18). The van der Waals surface area contributed by atoms with Crippen molar-refractivity contribution in [2.24, 2.45) is 11.8 Å². The fourth-order valence-electron chi connectivity index (χ4n) is 2.49. The zero-order valence-electron chi connectivity index (χ0n) is 12.0. The van der Waals surface area contributed by atoms with Gasteiger partial charge in [-0.05, 0) is 18.8 Å². The molecule has 0 aromatic carbocycles. The highest BCUT2D eigenvalue weighted by molar-refractivity contribution is 7.99. The summed E-state index contributed by atoms with van der Waals surface area (Å²) in [6.07, 6.45) is 5.29. The second-order valence-corrected chi connectivity index (χ2v) is 7.08. The predicted octanol–water partition coefficient (Wildman–Crippen LogP) is 3.56. The summed E-state index contributed by atoms with van der Waals surface area (Å²) in [6.45, 7) is 6.55. The average Bonchev–Trinajstić information content (AvgIpc) is 2.38. The second kappa shape index (κ2) is 6.57. The van der Waals surface area contributed by atoms with Crippen molar-refractivity contribution in [2.45, 2.75) is 62.6 Å². The molecule has 2 atom stereocenters. The van der Waals surface area contributed by atoms with Crippen LogP contribution in [0.3, 0.4) is 0 Å². The third kappa shape index (κ3) is 4.08. The summed E-state index contributed by atoms with van der Waals surface area (Å²) in [5.74, 6) is 8.22. The molecule has 1 saturated carbocycles. The van der Waals surface area contributed by atoms with Gasteiger partial charge >= 0.3 is 0 Å². The molecule has 2 unspecified atom stereocenters. The van der Waals surface area contributed by atoms with Gasteiger partial charge in [0.1, 0.15) is 16.7 Å². The van der Waals surface area contributed by atoms with Gasteiger partial charge in [-0.3, -0.25) is 0 Å². The van der Waals surface area contributed by atoms with Crippen LogP contribution < -0.4 is 11.3 Å². The quantitative estimate of drug-likeness (QED) is 0.501. The van der Waals surface area contributed by atoms with Crippen LogP contribution in [0.4, 0.5) is 5.82 Å². The normalized spacial score (nSPS) is 23.6. The lowest BCUT2D eigenvalue weighted by Gasteiger charge is -2.26. The van der Waals surface area contributed by atoms with Crippen LogP contribution in [0.2, 0.25) is 0 Å². The van der Waals surface area contributed by atoms with Crippen molar-refractivity contribution in [1.82, 2.24) is 9.97 Å². The third-order valence-electron chi connectivity index (χ3n) is 3.56. The molecule has 0 amide bonds. The van der Waals surface area contributed by atoms with Crippen molar-refractivity contribution in [3.63, 3.8) is 0 Å². The summed E-state index contributed by atoms with van der Waals surface area (Å²) >= 11 is 1.88. The molecule has 0 aliphatic heterocycles. The van der Waals surface area contributed by atoms with E-state index in [2.05, 4.69) is 36.2 Å². The first-order chi connectivity index (χ1) is 9.08. The number of hydrazine groups is 1. The number of thioether (sulfide) groups is 1. The lowest BCUT2D eigenvalue weighted by Crippen LogP contribution is -2.16. The summed E-state index contributed by atoms with van der Waals surface area (Å²) in [7, 11) is 0. The number of nitrogens with two attached hydrogens (primary N) is 1. The minimum atomic E-state index is 0.318. The highest BCUT2D eigenvalue weighted by atomic mass is 32.2. The highest BCUT2D eigenvalue weighted by Gasteiger charge is 2.21. The van der Waals surface area contributed by atoms with Crippen molar-refractivity contribution in [1.29, 1.82) is 0 Å². The maximum absolute atomic E-state index is 5.49. The fourth-order valence-corrected chi connectivity index (χ4v) is 3.87. The van der Waals surface area contributed by atoms with Gasteiger partial charge in [0, 0.05) is 17.2 Å². The number of aromatic nitrogens is 2. The first-order valence-corrected chi connectivity index (χ1v) is 7.98. The van der Waals surface area contributed by atoms with Crippen LogP contribution in [0.1, 0.15) is 58.2 Å². The molecule has 1 aromatic heterocycles. The molecule has 1 fully saturated rings. The number of hydrogen-bond acceptors (Lipinski definition) is 5. The van der Waals surface area contributed by atoms with Gasteiger partial charge in [-0.25, -0.2) is 15.8 Å². The van der Waals surface area contributed by atoms with Crippen LogP contribution in [-0.4, -0.2) is 15.2 Å². The van der Waals surface area contributed by atoms with E-state index >= 15 is 0 Å². The van der Waals surface area contributed by atoms with Gasteiger partial charge in [0.25, 0.3) is 0 Å². The molecule has 1 aromatic rings. The first kappa shape index (κ1) is 14.6. The van der Waals surface area contributed by atoms with Gasteiger partial charge in [0.05, 0.1) is 0 Å². The van der Waals surface area contributed by atoms with E-state index in [-0.39, 0.29) is 0 Å². The Bertz CT molecular complexity index is 422. The molecule has 2 rings (SSSR count). The van der Waals surface area contributed by atoms with E-state index in [4.69, 9.17) is 5.84 Å². The van der Waals surface area contributed by atoms with E-state index in [1.165, 1.54) is 25.7 Å². The minimum absolute atomic E-state index is 0.318. The second-order valence-electron chi connectivity index (χ2n) is 5.76. The first-order valence-electron chi connectivity index (χ1n) is 7.10. The number of anilines is 1. The molecule has 5 heteroatoms. The highest BCUT2D eigenvalue weighted by Crippen LogP contribution is 2.36. The lowest BCUT2D eigenvalue weighted by atomic mass is 9.91. The Morgan fingerprint density at radius 2 is 2.16 bits per heavy atom. The predicted molar refractivity (Wildman–Crippen MR) is 81.2 cm³/mol. The van der Waals surface area contributed by atoms with Crippen LogP contribution in [-0.2, 0) is 0 Å². The number of rotatable bonds is 4. The molecule has 0 radical (unpaired) electrons. The maximum Gasteiger partial charge on any atom is 0.144 e. The molecule has 1 aliphatic rings. The molecular weight excluding hydrogens is 256 g/mol. The Balaban J connectivity index is 2.12. The molecule has 1 aliphatic carbocycles. The van der Waals surface area contributed by atoms with Crippen LogP contribution in [0, 0.1) is 5.92 Å². The monoisotopic (exact) mass is 280 g/mol. The molecular formula is C14H24N4S. The minimum Gasteiger partial charge on any atom is -0.308 e. The summed E-state index contributed by atoms with van der Waals surface area (Å²) in [4.78, 5) is 9.06. The van der Waals surface area contributed by atoms with Crippen molar-refractivity contribution in [3.05, 3.63) is 11.9 Å². The topological polar surface area (TPSA) is 63.8 Å². The zero-order valence-corrected chi connectivity index (χ0v) is 12.8. The Morgan fingerprint density at radius 3 is 2.79 bits per heavy atom. The molecule has 1 heterocycles. The Morgan fingerprint density at radius 1 is 1.37 bits per heavy atom. The molecule has 19 heavy (non-hydrogen) atoms. The molecule has 0 spiro atoms. The molecule has 3 N–H and O–H groups in total. The van der Waals surface area contributed by atoms with Crippen LogP contribution in [0.5, 0.6) is 0 Å². The van der Waals surface area contributed by atoms with E-state index in [0.29, 0.717) is 17.0 Å². The largest absolute Gasteiger partial charge is 0.308 e. The fraction of sp³-hybridized carbons (Fsp3) is 0.714. The van der Waals surface area contributed by atoms with Crippen LogP contribution in [0.25, 0.3) is 0 Å². The number of nitrogens with zero attached hydrogens (tertiary/aromatic N) is 2. The van der Waals surface area contributed by atoms with E-state index in [9.17, 15) is 0 Å². The lowest BCUT2D eigenvalue weighted by molar-refractivity contribution is 0.394. The summed E-state index contributed by atoms with van der Waals surface area (Å²) in [5.41, 5.74) is 2.64. The van der Waals surface area contributed by atoms with E-state index in [1.54, 1.807) is 0 Å². The van der Waals surface area contributed by atoms with E-state index < -0.39 is 0 Å². The Hall–Kier alpha value is -0.810. The summed E-state index contributed by atoms with van der Waals surface area (Å²) in [5, 5.41) is 1.73. The zero-order chi connectivity index (χ0) is 13.8. The molecule has 0 saturated heterocycles. The summed E-state index contributed by atoms with van der Waals surface area (Å²) < 4.78 is 0. The molecule has 106 valence electrons. The smallest absolute Gasteiger partial charge is 0.144 e. The maximum atomic E-state index is 5.49. The summed E-state index contributed by atoms with van der Waals surface area (Å²) in [6, 6.07) is 1.95. The van der Waals surface area contributed by atoms with Gasteiger partial charge in [0.2, 0.25) is 0 Å². The number of nitrogens with one attached hydrogen (secondary N) is 1. The Labute approximate surface area is 119 Å². The van der Waals surface area contributed by atoms with Crippen molar-refractivity contribution < 1.29 is 0 Å². The third-order valence-corrected chi connectivity index (χ3v) is 4.77.